The standard InChI is InChI=1S/C12H15ClFN3/c1-2-3-4-5-17-11-6-8(13)9(14)7-10(11)16-12(17)15/h6-7H,2-5H2,1H3,(H2,15,16). The van der Waals surface area contributed by atoms with Gasteiger partial charge in [0.05, 0.1) is 16.1 Å². The van der Waals surface area contributed by atoms with Crippen LogP contribution in [0.4, 0.5) is 10.3 Å². The molecule has 2 rings (SSSR count). The van der Waals surface area contributed by atoms with E-state index >= 15 is 0 Å². The van der Waals surface area contributed by atoms with Crippen LogP contribution in [0, 0.1) is 5.82 Å². The van der Waals surface area contributed by atoms with E-state index in [4.69, 9.17) is 17.3 Å². The molecule has 0 aliphatic heterocycles. The first kappa shape index (κ1) is 12.2. The van der Waals surface area contributed by atoms with Gasteiger partial charge in [0, 0.05) is 12.6 Å². The fourth-order valence-corrected chi connectivity index (χ4v) is 2.05. The van der Waals surface area contributed by atoms with Crippen LogP contribution >= 0.6 is 11.6 Å². The van der Waals surface area contributed by atoms with Crippen molar-refractivity contribution in [1.82, 2.24) is 9.55 Å². The normalized spacial score (nSPS) is 11.2. The van der Waals surface area contributed by atoms with Gasteiger partial charge in [-0.2, -0.15) is 0 Å². The zero-order valence-corrected chi connectivity index (χ0v) is 10.5. The van der Waals surface area contributed by atoms with Gasteiger partial charge in [0.2, 0.25) is 5.95 Å². The second kappa shape index (κ2) is 4.92. The van der Waals surface area contributed by atoms with Gasteiger partial charge in [0.1, 0.15) is 5.82 Å². The first-order valence-electron chi connectivity index (χ1n) is 5.74. The molecule has 2 N–H and O–H groups in total. The highest BCUT2D eigenvalue weighted by atomic mass is 35.5. The molecule has 2 aromatic rings. The molecule has 0 unspecified atom stereocenters. The van der Waals surface area contributed by atoms with Crippen LogP contribution in [0.3, 0.4) is 0 Å². The fourth-order valence-electron chi connectivity index (χ4n) is 1.89. The van der Waals surface area contributed by atoms with E-state index in [1.807, 2.05) is 4.57 Å². The molecular weight excluding hydrogens is 241 g/mol. The summed E-state index contributed by atoms with van der Waals surface area (Å²) in [6.45, 7) is 2.93. The number of aromatic nitrogens is 2. The number of nitrogen functional groups attached to an aromatic ring is 1. The Morgan fingerprint density at radius 1 is 1.41 bits per heavy atom. The van der Waals surface area contributed by atoms with Gasteiger partial charge in [-0.3, -0.25) is 0 Å². The maximum Gasteiger partial charge on any atom is 0.201 e. The zero-order chi connectivity index (χ0) is 12.4. The number of nitrogens with zero attached hydrogens (tertiary/aromatic N) is 2. The van der Waals surface area contributed by atoms with Crippen molar-refractivity contribution < 1.29 is 4.39 Å². The van der Waals surface area contributed by atoms with Crippen molar-refractivity contribution in [2.24, 2.45) is 0 Å². The van der Waals surface area contributed by atoms with E-state index in [0.717, 1.165) is 31.3 Å². The fraction of sp³-hybridized carbons (Fsp3) is 0.417. The van der Waals surface area contributed by atoms with E-state index in [1.165, 1.54) is 6.07 Å². The quantitative estimate of drug-likeness (QED) is 0.849. The summed E-state index contributed by atoms with van der Waals surface area (Å²) < 4.78 is 15.2. The van der Waals surface area contributed by atoms with Crippen LogP contribution < -0.4 is 5.73 Å². The summed E-state index contributed by atoms with van der Waals surface area (Å²) >= 11 is 5.77. The number of anilines is 1. The van der Waals surface area contributed by atoms with Crippen LogP contribution in [-0.2, 0) is 6.54 Å². The van der Waals surface area contributed by atoms with E-state index in [9.17, 15) is 4.39 Å². The van der Waals surface area contributed by atoms with Crippen LogP contribution in [0.1, 0.15) is 26.2 Å². The molecule has 0 bridgehead atoms. The molecule has 0 aliphatic rings. The highest BCUT2D eigenvalue weighted by molar-refractivity contribution is 6.31. The molecule has 1 aromatic carbocycles. The molecule has 17 heavy (non-hydrogen) atoms. The zero-order valence-electron chi connectivity index (χ0n) is 9.71. The Bertz CT molecular complexity index is 536. The first-order chi connectivity index (χ1) is 8.13. The molecule has 5 heteroatoms. The predicted molar refractivity (Wildman–Crippen MR) is 68.6 cm³/mol. The lowest BCUT2D eigenvalue weighted by molar-refractivity contribution is 0.617. The average Bonchev–Trinajstić information content (AvgIpc) is 2.57. The lowest BCUT2D eigenvalue weighted by Crippen LogP contribution is -2.03. The van der Waals surface area contributed by atoms with Gasteiger partial charge in [-0.1, -0.05) is 31.4 Å². The third-order valence-corrected chi connectivity index (χ3v) is 3.09. The number of hydrogen-bond donors (Lipinski definition) is 1. The number of halogens is 2. The second-order valence-electron chi connectivity index (χ2n) is 4.08. The maximum absolute atomic E-state index is 13.3. The van der Waals surface area contributed by atoms with Gasteiger partial charge in [-0.15, -0.1) is 0 Å². The molecule has 0 amide bonds. The number of unbranched alkanes of at least 4 members (excludes halogenated alkanes) is 2. The Kier molecular flexibility index (Phi) is 3.52. The van der Waals surface area contributed by atoms with E-state index in [0.29, 0.717) is 11.5 Å². The Labute approximate surface area is 104 Å². The minimum absolute atomic E-state index is 0.106. The summed E-state index contributed by atoms with van der Waals surface area (Å²) in [5, 5.41) is 0.106. The van der Waals surface area contributed by atoms with Crippen LogP contribution in [0.15, 0.2) is 12.1 Å². The molecule has 92 valence electrons. The lowest BCUT2D eigenvalue weighted by Gasteiger charge is -2.05. The topological polar surface area (TPSA) is 43.8 Å². The van der Waals surface area contributed by atoms with E-state index in [2.05, 4.69) is 11.9 Å². The molecule has 0 saturated carbocycles. The van der Waals surface area contributed by atoms with Gasteiger partial charge in [0.15, 0.2) is 0 Å². The Hall–Kier alpha value is -1.29. The minimum Gasteiger partial charge on any atom is -0.369 e. The smallest absolute Gasteiger partial charge is 0.201 e. The molecule has 0 atom stereocenters. The molecular formula is C12H15ClFN3. The SMILES string of the molecule is CCCCCn1c(N)nc2cc(F)c(Cl)cc21. The van der Waals surface area contributed by atoms with Crippen molar-refractivity contribution in [2.45, 2.75) is 32.7 Å². The number of benzene rings is 1. The number of hydrogen-bond acceptors (Lipinski definition) is 2. The third-order valence-electron chi connectivity index (χ3n) is 2.81. The first-order valence-corrected chi connectivity index (χ1v) is 6.12. The predicted octanol–water partition coefficient (Wildman–Crippen LogP) is 3.60. The number of aryl methyl sites for hydroxylation is 1. The number of nitrogens with two attached hydrogens (primary N) is 1. The van der Waals surface area contributed by atoms with Crippen LogP contribution in [0.5, 0.6) is 0 Å². The lowest BCUT2D eigenvalue weighted by atomic mass is 10.2. The molecule has 0 saturated heterocycles. The Morgan fingerprint density at radius 3 is 2.88 bits per heavy atom. The molecule has 0 aliphatic carbocycles. The van der Waals surface area contributed by atoms with Crippen molar-refractivity contribution in [3.63, 3.8) is 0 Å². The summed E-state index contributed by atoms with van der Waals surface area (Å²) in [5.74, 6) is -0.0462. The summed E-state index contributed by atoms with van der Waals surface area (Å²) in [6.07, 6.45) is 3.30. The monoisotopic (exact) mass is 255 g/mol. The van der Waals surface area contributed by atoms with Crippen LogP contribution in [-0.4, -0.2) is 9.55 Å². The van der Waals surface area contributed by atoms with Gasteiger partial charge >= 0.3 is 0 Å². The largest absolute Gasteiger partial charge is 0.369 e. The van der Waals surface area contributed by atoms with Crippen molar-refractivity contribution in [1.29, 1.82) is 0 Å². The van der Waals surface area contributed by atoms with Gasteiger partial charge in [-0.05, 0) is 12.5 Å². The second-order valence-corrected chi connectivity index (χ2v) is 4.49. The van der Waals surface area contributed by atoms with Crippen LogP contribution in [0.2, 0.25) is 5.02 Å². The molecule has 1 heterocycles. The van der Waals surface area contributed by atoms with Crippen molar-refractivity contribution in [3.05, 3.63) is 23.0 Å². The van der Waals surface area contributed by atoms with E-state index in [-0.39, 0.29) is 5.02 Å². The van der Waals surface area contributed by atoms with Crippen LogP contribution in [0.25, 0.3) is 11.0 Å². The van der Waals surface area contributed by atoms with Crippen molar-refractivity contribution in [3.8, 4) is 0 Å². The van der Waals surface area contributed by atoms with Gasteiger partial charge in [0.25, 0.3) is 0 Å². The van der Waals surface area contributed by atoms with Gasteiger partial charge in [-0.25, -0.2) is 9.37 Å². The number of rotatable bonds is 4. The summed E-state index contributed by atoms with van der Waals surface area (Å²) in [6, 6.07) is 2.91. The summed E-state index contributed by atoms with van der Waals surface area (Å²) in [7, 11) is 0. The Morgan fingerprint density at radius 2 is 2.18 bits per heavy atom. The molecule has 0 spiro atoms. The maximum atomic E-state index is 13.3. The highest BCUT2D eigenvalue weighted by Crippen LogP contribution is 2.25. The third kappa shape index (κ3) is 2.36. The van der Waals surface area contributed by atoms with E-state index in [1.54, 1.807) is 6.07 Å². The number of fused-ring (bicyclic) bond motifs is 1. The molecule has 0 radical (unpaired) electrons. The number of imidazole rings is 1. The summed E-state index contributed by atoms with van der Waals surface area (Å²) in [5.41, 5.74) is 7.17. The Balaban J connectivity index is 2.40. The van der Waals surface area contributed by atoms with Crippen molar-refractivity contribution in [2.75, 3.05) is 5.73 Å². The molecule has 3 nitrogen and oxygen atoms in total. The highest BCUT2D eigenvalue weighted by Gasteiger charge is 2.11. The average molecular weight is 256 g/mol. The van der Waals surface area contributed by atoms with Crippen molar-refractivity contribution >= 4 is 28.6 Å². The molecule has 0 fully saturated rings. The van der Waals surface area contributed by atoms with E-state index < -0.39 is 5.82 Å². The minimum atomic E-state index is -0.461. The van der Waals surface area contributed by atoms with Gasteiger partial charge < -0.3 is 10.3 Å². The molecule has 1 aromatic heterocycles. The summed E-state index contributed by atoms with van der Waals surface area (Å²) in [4.78, 5) is 4.14.